The summed E-state index contributed by atoms with van der Waals surface area (Å²) >= 11 is 4.47. The van der Waals surface area contributed by atoms with E-state index in [0.717, 1.165) is 3.79 Å². The maximum absolute atomic E-state index is 12.4. The Hall–Kier alpha value is -0.190. The molecule has 0 aliphatic carbocycles. The van der Waals surface area contributed by atoms with Gasteiger partial charge in [-0.2, -0.15) is 4.31 Å². The lowest BCUT2D eigenvalue weighted by Gasteiger charge is -2.30. The van der Waals surface area contributed by atoms with Crippen molar-refractivity contribution in [2.75, 3.05) is 26.2 Å². The second kappa shape index (κ2) is 8.60. The third-order valence-electron chi connectivity index (χ3n) is 3.41. The van der Waals surface area contributed by atoms with Crippen molar-refractivity contribution in [1.29, 1.82) is 0 Å². The first-order valence-corrected chi connectivity index (χ1v) is 9.73. The maximum atomic E-state index is 12.4. The SMILES string of the molecule is Cl.NCCNC(=O)C1CCN(S(=O)(=O)c2ccc(Br)s2)CC1. The fourth-order valence-electron chi connectivity index (χ4n) is 2.26. The largest absolute Gasteiger partial charge is 0.355 e. The highest BCUT2D eigenvalue weighted by Gasteiger charge is 2.32. The highest BCUT2D eigenvalue weighted by molar-refractivity contribution is 9.11. The van der Waals surface area contributed by atoms with Crippen LogP contribution in [0.3, 0.4) is 0 Å². The third-order valence-corrected chi connectivity index (χ3v) is 7.40. The molecule has 0 saturated carbocycles. The van der Waals surface area contributed by atoms with Crippen LogP contribution in [-0.2, 0) is 14.8 Å². The highest BCUT2D eigenvalue weighted by Crippen LogP contribution is 2.30. The van der Waals surface area contributed by atoms with E-state index in [-0.39, 0.29) is 24.2 Å². The fraction of sp³-hybridized carbons (Fsp3) is 0.583. The van der Waals surface area contributed by atoms with Crippen LogP contribution in [-0.4, -0.2) is 44.8 Å². The standard InChI is InChI=1S/C12H18BrN3O3S2.ClH/c13-10-1-2-11(20-10)21(18,19)16-7-3-9(4-8-16)12(17)15-6-5-14;/h1-2,9H,3-8,14H2,(H,15,17);1H. The number of nitrogens with one attached hydrogen (secondary N) is 1. The Morgan fingerprint density at radius 1 is 1.41 bits per heavy atom. The minimum atomic E-state index is -3.44. The zero-order chi connectivity index (χ0) is 15.5. The molecule has 0 bridgehead atoms. The molecule has 3 N–H and O–H groups in total. The molecule has 0 atom stereocenters. The molecular weight excluding hydrogens is 414 g/mol. The first-order chi connectivity index (χ1) is 9.95. The molecule has 0 aromatic carbocycles. The number of nitrogens with two attached hydrogens (primary N) is 1. The number of piperidine rings is 1. The number of halogens is 2. The number of hydrogen-bond acceptors (Lipinski definition) is 5. The van der Waals surface area contributed by atoms with E-state index in [1.165, 1.54) is 15.6 Å². The second-order valence-electron chi connectivity index (χ2n) is 4.82. The van der Waals surface area contributed by atoms with Crippen LogP contribution in [0.15, 0.2) is 20.1 Å². The van der Waals surface area contributed by atoms with Crippen molar-refractivity contribution in [3.63, 3.8) is 0 Å². The normalized spacial score (nSPS) is 17.0. The Morgan fingerprint density at radius 3 is 2.55 bits per heavy atom. The monoisotopic (exact) mass is 431 g/mol. The summed E-state index contributed by atoms with van der Waals surface area (Å²) in [4.78, 5) is 11.8. The number of hydrogen-bond donors (Lipinski definition) is 2. The molecule has 1 amide bonds. The average molecular weight is 433 g/mol. The smallest absolute Gasteiger partial charge is 0.252 e. The predicted octanol–water partition coefficient (Wildman–Crippen LogP) is 1.41. The Morgan fingerprint density at radius 2 is 2.05 bits per heavy atom. The van der Waals surface area contributed by atoms with Gasteiger partial charge in [0.05, 0.1) is 3.79 Å². The van der Waals surface area contributed by atoms with Crippen molar-refractivity contribution in [3.8, 4) is 0 Å². The quantitative estimate of drug-likeness (QED) is 0.736. The number of sulfonamides is 1. The molecule has 1 aromatic heterocycles. The summed E-state index contributed by atoms with van der Waals surface area (Å²) < 4.78 is 27.5. The maximum Gasteiger partial charge on any atom is 0.252 e. The number of carbonyl (C=O) groups excluding carboxylic acids is 1. The van der Waals surface area contributed by atoms with E-state index in [4.69, 9.17) is 5.73 Å². The minimum Gasteiger partial charge on any atom is -0.355 e. The molecular formula is C12H19BrClN3O3S2. The van der Waals surface area contributed by atoms with Crippen LogP contribution in [0.1, 0.15) is 12.8 Å². The Balaban J connectivity index is 0.00000242. The van der Waals surface area contributed by atoms with E-state index >= 15 is 0 Å². The van der Waals surface area contributed by atoms with Crippen LogP contribution in [0.2, 0.25) is 0 Å². The zero-order valence-corrected chi connectivity index (χ0v) is 15.9. The molecule has 126 valence electrons. The first kappa shape index (κ1) is 19.9. The van der Waals surface area contributed by atoms with Crippen molar-refractivity contribution in [1.82, 2.24) is 9.62 Å². The number of nitrogens with zero attached hydrogens (tertiary/aromatic N) is 1. The van der Waals surface area contributed by atoms with Crippen LogP contribution in [0.4, 0.5) is 0 Å². The van der Waals surface area contributed by atoms with Crippen LogP contribution >= 0.6 is 39.7 Å². The van der Waals surface area contributed by atoms with E-state index in [1.54, 1.807) is 12.1 Å². The van der Waals surface area contributed by atoms with Gasteiger partial charge in [-0.3, -0.25) is 4.79 Å². The van der Waals surface area contributed by atoms with Gasteiger partial charge in [0, 0.05) is 32.1 Å². The molecule has 1 fully saturated rings. The molecule has 1 aliphatic rings. The summed E-state index contributed by atoms with van der Waals surface area (Å²) in [5.74, 6) is -0.158. The van der Waals surface area contributed by atoms with Gasteiger partial charge in [-0.05, 0) is 40.9 Å². The summed E-state index contributed by atoms with van der Waals surface area (Å²) in [6, 6.07) is 3.33. The van der Waals surface area contributed by atoms with Gasteiger partial charge in [0.25, 0.3) is 10.0 Å². The molecule has 6 nitrogen and oxygen atoms in total. The van der Waals surface area contributed by atoms with Gasteiger partial charge < -0.3 is 11.1 Å². The molecule has 0 radical (unpaired) electrons. The number of amides is 1. The molecule has 1 aromatic rings. The van der Waals surface area contributed by atoms with Gasteiger partial charge in [-0.15, -0.1) is 23.7 Å². The number of rotatable bonds is 5. The summed E-state index contributed by atoms with van der Waals surface area (Å²) in [6.45, 7) is 1.61. The van der Waals surface area contributed by atoms with Gasteiger partial charge in [0.15, 0.2) is 0 Å². The van der Waals surface area contributed by atoms with Crippen LogP contribution in [0.5, 0.6) is 0 Å². The first-order valence-electron chi connectivity index (χ1n) is 6.68. The average Bonchev–Trinajstić information content (AvgIpc) is 2.92. The van der Waals surface area contributed by atoms with E-state index in [9.17, 15) is 13.2 Å². The van der Waals surface area contributed by atoms with Crippen molar-refractivity contribution in [2.24, 2.45) is 11.7 Å². The van der Waals surface area contributed by atoms with Crippen molar-refractivity contribution in [3.05, 3.63) is 15.9 Å². The van der Waals surface area contributed by atoms with Crippen LogP contribution in [0.25, 0.3) is 0 Å². The van der Waals surface area contributed by atoms with Crippen molar-refractivity contribution >= 4 is 55.6 Å². The lowest BCUT2D eigenvalue weighted by Crippen LogP contribution is -2.43. The molecule has 2 heterocycles. The fourth-order valence-corrected chi connectivity index (χ4v) is 5.90. The van der Waals surface area contributed by atoms with Crippen molar-refractivity contribution in [2.45, 2.75) is 17.1 Å². The topological polar surface area (TPSA) is 92.5 Å². The lowest BCUT2D eigenvalue weighted by molar-refractivity contribution is -0.126. The minimum absolute atomic E-state index is 0. The van der Waals surface area contributed by atoms with Crippen LogP contribution in [0, 0.1) is 5.92 Å². The van der Waals surface area contributed by atoms with E-state index in [2.05, 4.69) is 21.2 Å². The predicted molar refractivity (Wildman–Crippen MR) is 92.8 cm³/mol. The second-order valence-corrected chi connectivity index (χ2v) is 9.44. The van der Waals surface area contributed by atoms with Crippen LogP contribution < -0.4 is 11.1 Å². The third kappa shape index (κ3) is 4.65. The zero-order valence-electron chi connectivity index (χ0n) is 11.8. The van der Waals surface area contributed by atoms with Gasteiger partial charge >= 0.3 is 0 Å². The molecule has 0 unspecified atom stereocenters. The van der Waals surface area contributed by atoms with E-state index in [0.29, 0.717) is 43.2 Å². The molecule has 2 rings (SSSR count). The Labute approximate surface area is 149 Å². The lowest BCUT2D eigenvalue weighted by atomic mass is 9.97. The molecule has 22 heavy (non-hydrogen) atoms. The van der Waals surface area contributed by atoms with Gasteiger partial charge in [-0.25, -0.2) is 8.42 Å². The van der Waals surface area contributed by atoms with Gasteiger partial charge in [0.1, 0.15) is 4.21 Å². The van der Waals surface area contributed by atoms with E-state index in [1.807, 2.05) is 0 Å². The van der Waals surface area contributed by atoms with Crippen molar-refractivity contribution < 1.29 is 13.2 Å². The van der Waals surface area contributed by atoms with Gasteiger partial charge in [-0.1, -0.05) is 0 Å². The van der Waals surface area contributed by atoms with Gasteiger partial charge in [0.2, 0.25) is 5.91 Å². The van der Waals surface area contributed by atoms with E-state index < -0.39 is 10.0 Å². The molecule has 0 spiro atoms. The molecule has 10 heteroatoms. The summed E-state index contributed by atoms with van der Waals surface area (Å²) in [5, 5.41) is 2.75. The molecule has 1 aliphatic heterocycles. The highest BCUT2D eigenvalue weighted by atomic mass is 79.9. The summed E-state index contributed by atoms with van der Waals surface area (Å²) in [5.41, 5.74) is 5.35. The number of carbonyl (C=O) groups is 1. The number of thiophene rings is 1. The summed E-state index contributed by atoms with van der Waals surface area (Å²) in [7, 11) is -3.44. The Kier molecular flexibility index (Phi) is 7.76. The Bertz CT molecular complexity index is 601. The molecule has 1 saturated heterocycles. The summed E-state index contributed by atoms with van der Waals surface area (Å²) in [6.07, 6.45) is 1.09.